The number of hydrogen-bond donors (Lipinski definition) is 2. The number of pyridine rings is 1. The van der Waals surface area contributed by atoms with Crippen molar-refractivity contribution in [1.29, 1.82) is 0 Å². The summed E-state index contributed by atoms with van der Waals surface area (Å²) >= 11 is 0. The number of rotatable bonds is 3. The Balaban J connectivity index is 1.62. The second-order valence-electron chi connectivity index (χ2n) is 7.40. The van der Waals surface area contributed by atoms with E-state index in [2.05, 4.69) is 5.32 Å². The summed E-state index contributed by atoms with van der Waals surface area (Å²) in [6.07, 6.45) is 2.07. The van der Waals surface area contributed by atoms with Gasteiger partial charge in [-0.05, 0) is 19.3 Å². The highest BCUT2D eigenvalue weighted by Gasteiger charge is 2.37. The molecule has 4 rings (SSSR count). The Hall–Kier alpha value is -3.14. The van der Waals surface area contributed by atoms with Gasteiger partial charge in [0.25, 0.3) is 11.8 Å². The number of carbonyl (C=O) groups is 2. The molecule has 1 fully saturated rings. The molecular weight excluding hydrogens is 403 g/mol. The molecule has 0 spiro atoms. The van der Waals surface area contributed by atoms with E-state index in [4.69, 9.17) is 0 Å². The molecule has 2 amide bonds. The fourth-order valence-corrected chi connectivity index (χ4v) is 3.92. The van der Waals surface area contributed by atoms with E-state index in [0.717, 1.165) is 6.07 Å². The quantitative estimate of drug-likeness (QED) is 0.789. The maximum absolute atomic E-state index is 13.8. The van der Waals surface area contributed by atoms with Gasteiger partial charge in [0.15, 0.2) is 5.43 Å². The van der Waals surface area contributed by atoms with Gasteiger partial charge in [0, 0.05) is 43.0 Å². The van der Waals surface area contributed by atoms with Gasteiger partial charge in [-0.2, -0.15) is 0 Å². The maximum atomic E-state index is 13.8. The maximum Gasteiger partial charge on any atom is 0.272 e. The van der Waals surface area contributed by atoms with Crippen LogP contribution in [0.25, 0.3) is 0 Å². The summed E-state index contributed by atoms with van der Waals surface area (Å²) in [4.78, 5) is 38.9. The molecule has 10 heteroatoms. The van der Waals surface area contributed by atoms with Crippen LogP contribution in [0.3, 0.4) is 0 Å². The molecule has 2 N–H and O–H groups in total. The number of nitrogens with zero attached hydrogens (tertiary/aromatic N) is 2. The highest BCUT2D eigenvalue weighted by atomic mass is 19.1. The van der Waals surface area contributed by atoms with Crippen LogP contribution in [0.4, 0.5) is 13.2 Å². The van der Waals surface area contributed by atoms with Crippen molar-refractivity contribution in [2.45, 2.75) is 38.1 Å². The minimum absolute atomic E-state index is 0.0735. The van der Waals surface area contributed by atoms with Crippen molar-refractivity contribution < 1.29 is 27.9 Å². The van der Waals surface area contributed by atoms with Gasteiger partial charge in [-0.25, -0.2) is 13.2 Å². The first-order valence-corrected chi connectivity index (χ1v) is 9.43. The lowest BCUT2D eigenvalue weighted by molar-refractivity contribution is -0.000503. The van der Waals surface area contributed by atoms with E-state index < -0.39 is 53.0 Å². The average Bonchev–Trinajstić information content (AvgIpc) is 2.85. The van der Waals surface area contributed by atoms with Gasteiger partial charge in [-0.1, -0.05) is 0 Å². The molecule has 1 aromatic carbocycles. The first-order chi connectivity index (χ1) is 14.3. The number of fused-ring (bicyclic) bond motifs is 4. The normalized spacial score (nSPS) is 20.5. The predicted molar refractivity (Wildman–Crippen MR) is 98.1 cm³/mol. The van der Waals surface area contributed by atoms with Crippen LogP contribution in [0, 0.1) is 17.5 Å². The minimum Gasteiger partial charge on any atom is -0.374 e. The van der Waals surface area contributed by atoms with Crippen LogP contribution in [-0.2, 0) is 6.54 Å². The standard InChI is InChI=1S/C20H18F3N3O4/c21-10-4-14(22)12(15(23)5-10)7-24-19(29)13-9-25-11-2-1-3-18(28)26(8-11)20(30)16(25)6-17(13)27/h4-6,9,11,18,28H,1-3,7-8H2,(H,24,29). The first kappa shape index (κ1) is 20.1. The van der Waals surface area contributed by atoms with Crippen molar-refractivity contribution in [3.63, 3.8) is 0 Å². The molecule has 0 aliphatic carbocycles. The van der Waals surface area contributed by atoms with Gasteiger partial charge in [-0.3, -0.25) is 14.4 Å². The predicted octanol–water partition coefficient (Wildman–Crippen LogP) is 1.69. The molecule has 2 aromatic rings. The third-order valence-electron chi connectivity index (χ3n) is 5.50. The Labute approximate surface area is 168 Å². The van der Waals surface area contributed by atoms with E-state index in [1.54, 1.807) is 4.57 Å². The molecule has 30 heavy (non-hydrogen) atoms. The highest BCUT2D eigenvalue weighted by molar-refractivity contribution is 5.97. The third-order valence-corrected chi connectivity index (χ3v) is 5.50. The lowest BCUT2D eigenvalue weighted by Crippen LogP contribution is -2.48. The molecule has 2 aliphatic rings. The van der Waals surface area contributed by atoms with Crippen molar-refractivity contribution in [1.82, 2.24) is 14.8 Å². The number of nitrogens with one attached hydrogen (secondary N) is 1. The second kappa shape index (κ2) is 7.60. The van der Waals surface area contributed by atoms with Crippen molar-refractivity contribution in [3.8, 4) is 0 Å². The SMILES string of the molecule is O=C(NCc1c(F)cc(F)cc1F)c1cn2c(cc1=O)C(=O)N1CC2CCCC1O. The van der Waals surface area contributed by atoms with Crippen LogP contribution in [0.1, 0.15) is 51.7 Å². The fourth-order valence-electron chi connectivity index (χ4n) is 3.92. The highest BCUT2D eigenvalue weighted by Crippen LogP contribution is 2.30. The van der Waals surface area contributed by atoms with Crippen LogP contribution in [0.5, 0.6) is 0 Å². The average molecular weight is 421 g/mol. The Morgan fingerprint density at radius 1 is 1.13 bits per heavy atom. The third kappa shape index (κ3) is 3.47. The summed E-state index contributed by atoms with van der Waals surface area (Å²) in [6, 6.07) is 1.81. The zero-order valence-corrected chi connectivity index (χ0v) is 15.7. The lowest BCUT2D eigenvalue weighted by atomic mass is 10.1. The van der Waals surface area contributed by atoms with Crippen molar-refractivity contribution in [3.05, 3.63) is 68.9 Å². The summed E-state index contributed by atoms with van der Waals surface area (Å²) in [5.41, 5.74) is -1.48. The number of hydrogen-bond acceptors (Lipinski definition) is 4. The molecule has 158 valence electrons. The molecular formula is C20H18F3N3O4. The zero-order chi connectivity index (χ0) is 21.6. The number of halogens is 3. The monoisotopic (exact) mass is 421 g/mol. The topological polar surface area (TPSA) is 91.6 Å². The first-order valence-electron chi connectivity index (χ1n) is 9.43. The number of aromatic nitrogens is 1. The molecule has 2 aliphatic heterocycles. The van der Waals surface area contributed by atoms with E-state index in [1.165, 1.54) is 11.1 Å². The number of carbonyl (C=O) groups excluding carboxylic acids is 2. The molecule has 0 radical (unpaired) electrons. The molecule has 2 bridgehead atoms. The van der Waals surface area contributed by atoms with Crippen LogP contribution < -0.4 is 10.7 Å². The van der Waals surface area contributed by atoms with E-state index in [-0.39, 0.29) is 23.8 Å². The Bertz CT molecular complexity index is 1080. The number of aliphatic hydroxyl groups is 1. The molecule has 1 saturated heterocycles. The Morgan fingerprint density at radius 2 is 1.83 bits per heavy atom. The fraction of sp³-hybridized carbons (Fsp3) is 0.350. The van der Waals surface area contributed by atoms with Crippen molar-refractivity contribution >= 4 is 11.8 Å². The van der Waals surface area contributed by atoms with Gasteiger partial charge in [0.05, 0.1) is 6.04 Å². The minimum atomic E-state index is -1.15. The second-order valence-corrected chi connectivity index (χ2v) is 7.40. The number of aliphatic hydroxyl groups excluding tert-OH is 1. The summed E-state index contributed by atoms with van der Waals surface area (Å²) in [5.74, 6) is -4.77. The summed E-state index contributed by atoms with van der Waals surface area (Å²) in [6.45, 7) is -0.330. The molecule has 7 nitrogen and oxygen atoms in total. The van der Waals surface area contributed by atoms with Gasteiger partial charge in [-0.15, -0.1) is 0 Å². The zero-order valence-electron chi connectivity index (χ0n) is 15.7. The molecule has 0 saturated carbocycles. The number of amides is 2. The Morgan fingerprint density at radius 3 is 2.53 bits per heavy atom. The summed E-state index contributed by atoms with van der Waals surface area (Å²) < 4.78 is 42.1. The van der Waals surface area contributed by atoms with E-state index in [9.17, 15) is 32.7 Å². The van der Waals surface area contributed by atoms with Gasteiger partial charge in [0.2, 0.25) is 0 Å². The van der Waals surface area contributed by atoms with Gasteiger partial charge in [0.1, 0.15) is 34.9 Å². The van der Waals surface area contributed by atoms with Gasteiger partial charge >= 0.3 is 0 Å². The van der Waals surface area contributed by atoms with E-state index in [0.29, 0.717) is 31.4 Å². The lowest BCUT2D eigenvalue weighted by Gasteiger charge is -2.36. The van der Waals surface area contributed by atoms with Crippen LogP contribution in [-0.4, -0.2) is 39.2 Å². The number of benzene rings is 1. The van der Waals surface area contributed by atoms with Crippen LogP contribution >= 0.6 is 0 Å². The molecule has 2 unspecified atom stereocenters. The largest absolute Gasteiger partial charge is 0.374 e. The summed E-state index contributed by atoms with van der Waals surface area (Å²) in [5, 5.41) is 12.4. The van der Waals surface area contributed by atoms with Crippen LogP contribution in [0.15, 0.2) is 29.2 Å². The van der Waals surface area contributed by atoms with Crippen molar-refractivity contribution in [2.75, 3.05) is 6.54 Å². The molecule has 1 aromatic heterocycles. The summed E-state index contributed by atoms with van der Waals surface area (Å²) in [7, 11) is 0. The van der Waals surface area contributed by atoms with Gasteiger partial charge < -0.3 is 19.9 Å². The van der Waals surface area contributed by atoms with E-state index in [1.807, 2.05) is 0 Å². The molecule has 2 atom stereocenters. The Kier molecular flexibility index (Phi) is 5.10. The van der Waals surface area contributed by atoms with E-state index >= 15 is 0 Å². The van der Waals surface area contributed by atoms with Crippen molar-refractivity contribution in [2.24, 2.45) is 0 Å². The van der Waals surface area contributed by atoms with Crippen LogP contribution in [0.2, 0.25) is 0 Å². The molecule has 3 heterocycles. The smallest absolute Gasteiger partial charge is 0.272 e.